The van der Waals surface area contributed by atoms with E-state index < -0.39 is 0 Å². The van der Waals surface area contributed by atoms with Crippen molar-refractivity contribution in [1.29, 1.82) is 0 Å². The lowest BCUT2D eigenvalue weighted by atomic mass is 9.81. The second kappa shape index (κ2) is 5.31. The molecule has 1 unspecified atom stereocenters. The standard InChI is InChI=1S/C13H27NO/c1-6-10(5)12-13(8-3,9-4)15-11(7-2)14-12/h10-12,14H,6-9H2,1-5H3/t10?,11-,12-/m0/s1. The van der Waals surface area contributed by atoms with Crippen LogP contribution in [-0.4, -0.2) is 17.9 Å². The van der Waals surface area contributed by atoms with E-state index in [4.69, 9.17) is 4.74 Å². The molecule has 0 aromatic rings. The zero-order chi connectivity index (χ0) is 11.5. The highest BCUT2D eigenvalue weighted by molar-refractivity contribution is 4.99. The summed E-state index contributed by atoms with van der Waals surface area (Å²) in [5.74, 6) is 0.696. The van der Waals surface area contributed by atoms with Crippen LogP contribution < -0.4 is 5.32 Å². The SMILES string of the molecule is CCC(C)[C@@H]1N[C@H](CC)OC1(CC)CC. The van der Waals surface area contributed by atoms with Gasteiger partial charge in [0.2, 0.25) is 0 Å². The average Bonchev–Trinajstić information content (AvgIpc) is 2.67. The molecule has 0 bridgehead atoms. The molecule has 1 saturated heterocycles. The van der Waals surface area contributed by atoms with Crippen molar-refractivity contribution in [2.75, 3.05) is 0 Å². The van der Waals surface area contributed by atoms with Crippen LogP contribution in [0.2, 0.25) is 0 Å². The Bertz CT molecular complexity index is 189. The first-order valence-corrected chi connectivity index (χ1v) is 6.57. The molecule has 1 aliphatic heterocycles. The highest BCUT2D eigenvalue weighted by atomic mass is 16.5. The van der Waals surface area contributed by atoms with Crippen molar-refractivity contribution in [3.63, 3.8) is 0 Å². The molecule has 2 nitrogen and oxygen atoms in total. The van der Waals surface area contributed by atoms with Crippen LogP contribution in [0.15, 0.2) is 0 Å². The molecule has 15 heavy (non-hydrogen) atoms. The molecule has 2 heteroatoms. The van der Waals surface area contributed by atoms with Crippen molar-refractivity contribution in [3.05, 3.63) is 0 Å². The van der Waals surface area contributed by atoms with E-state index >= 15 is 0 Å². The van der Waals surface area contributed by atoms with Crippen molar-refractivity contribution in [2.24, 2.45) is 5.92 Å². The predicted octanol–water partition coefficient (Wildman–Crippen LogP) is 3.32. The number of ether oxygens (including phenoxy) is 1. The number of nitrogens with one attached hydrogen (secondary N) is 1. The molecule has 1 fully saturated rings. The number of rotatable bonds is 5. The highest BCUT2D eigenvalue weighted by Crippen LogP contribution is 2.36. The van der Waals surface area contributed by atoms with Gasteiger partial charge in [-0.15, -0.1) is 0 Å². The van der Waals surface area contributed by atoms with Gasteiger partial charge in [-0.05, 0) is 25.2 Å². The van der Waals surface area contributed by atoms with Crippen LogP contribution >= 0.6 is 0 Å². The normalized spacial score (nSPS) is 31.8. The van der Waals surface area contributed by atoms with Crippen molar-refractivity contribution in [2.45, 2.75) is 78.2 Å². The Morgan fingerprint density at radius 1 is 1.20 bits per heavy atom. The molecule has 0 aromatic heterocycles. The van der Waals surface area contributed by atoms with Gasteiger partial charge in [0.25, 0.3) is 0 Å². The fraction of sp³-hybridized carbons (Fsp3) is 1.00. The smallest absolute Gasteiger partial charge is 0.109 e. The first kappa shape index (κ1) is 13.0. The first-order chi connectivity index (χ1) is 7.13. The van der Waals surface area contributed by atoms with Crippen molar-refractivity contribution >= 4 is 0 Å². The second-order valence-corrected chi connectivity index (χ2v) is 4.82. The van der Waals surface area contributed by atoms with E-state index in [0.717, 1.165) is 19.3 Å². The quantitative estimate of drug-likeness (QED) is 0.756. The molecule has 0 spiro atoms. The van der Waals surface area contributed by atoms with Crippen LogP contribution in [0.1, 0.15) is 60.3 Å². The van der Waals surface area contributed by atoms with Gasteiger partial charge in [0.15, 0.2) is 0 Å². The molecular formula is C13H27NO. The summed E-state index contributed by atoms with van der Waals surface area (Å²) in [7, 11) is 0. The average molecular weight is 213 g/mol. The monoisotopic (exact) mass is 213 g/mol. The summed E-state index contributed by atoms with van der Waals surface area (Å²) < 4.78 is 6.22. The molecule has 3 atom stereocenters. The van der Waals surface area contributed by atoms with Gasteiger partial charge in [-0.25, -0.2) is 0 Å². The van der Waals surface area contributed by atoms with Gasteiger partial charge in [0.1, 0.15) is 6.23 Å². The molecule has 1 aliphatic rings. The Morgan fingerprint density at radius 3 is 2.20 bits per heavy atom. The Kier molecular flexibility index (Phi) is 4.60. The minimum atomic E-state index is 0.0795. The van der Waals surface area contributed by atoms with E-state index in [1.807, 2.05) is 0 Å². The second-order valence-electron chi connectivity index (χ2n) is 4.82. The molecule has 0 aliphatic carbocycles. The maximum Gasteiger partial charge on any atom is 0.109 e. The third kappa shape index (κ3) is 2.36. The minimum absolute atomic E-state index is 0.0795. The fourth-order valence-electron chi connectivity index (χ4n) is 2.72. The summed E-state index contributed by atoms with van der Waals surface area (Å²) in [5, 5.41) is 3.66. The zero-order valence-electron chi connectivity index (χ0n) is 11.0. The third-order valence-corrected chi connectivity index (χ3v) is 4.09. The van der Waals surface area contributed by atoms with Crippen molar-refractivity contribution < 1.29 is 4.74 Å². The molecule has 1 rings (SSSR count). The topological polar surface area (TPSA) is 21.3 Å². The summed E-state index contributed by atoms with van der Waals surface area (Å²) >= 11 is 0. The maximum atomic E-state index is 6.22. The van der Waals surface area contributed by atoms with Gasteiger partial charge in [0.05, 0.1) is 5.60 Å². The van der Waals surface area contributed by atoms with Crippen LogP contribution in [-0.2, 0) is 4.74 Å². The summed E-state index contributed by atoms with van der Waals surface area (Å²) in [5.41, 5.74) is 0.0795. The fourth-order valence-corrected chi connectivity index (χ4v) is 2.72. The van der Waals surface area contributed by atoms with Gasteiger partial charge in [-0.1, -0.05) is 41.0 Å². The van der Waals surface area contributed by atoms with E-state index in [1.54, 1.807) is 0 Å². The summed E-state index contributed by atoms with van der Waals surface area (Å²) in [6.45, 7) is 11.3. The lowest BCUT2D eigenvalue weighted by Crippen LogP contribution is -2.47. The lowest BCUT2D eigenvalue weighted by molar-refractivity contribution is -0.0594. The summed E-state index contributed by atoms with van der Waals surface area (Å²) in [6, 6.07) is 0.530. The Labute approximate surface area is 94.8 Å². The summed E-state index contributed by atoms with van der Waals surface area (Å²) in [6.07, 6.45) is 4.78. The number of hydrogen-bond acceptors (Lipinski definition) is 2. The van der Waals surface area contributed by atoms with E-state index in [2.05, 4.69) is 39.9 Å². The molecule has 0 saturated carbocycles. The molecule has 0 amide bonds. The van der Waals surface area contributed by atoms with Gasteiger partial charge >= 0.3 is 0 Å². The lowest BCUT2D eigenvalue weighted by Gasteiger charge is -2.35. The predicted molar refractivity (Wildman–Crippen MR) is 64.9 cm³/mol. The minimum Gasteiger partial charge on any atom is -0.355 e. The molecular weight excluding hydrogens is 186 g/mol. The molecule has 1 N–H and O–H groups in total. The highest BCUT2D eigenvalue weighted by Gasteiger charge is 2.46. The van der Waals surface area contributed by atoms with E-state index in [-0.39, 0.29) is 11.8 Å². The number of hydrogen-bond donors (Lipinski definition) is 1. The van der Waals surface area contributed by atoms with Gasteiger partial charge in [-0.2, -0.15) is 0 Å². The molecule has 0 radical (unpaired) electrons. The molecule has 0 aromatic carbocycles. The van der Waals surface area contributed by atoms with Crippen LogP contribution in [0, 0.1) is 5.92 Å². The van der Waals surface area contributed by atoms with Gasteiger partial charge < -0.3 is 4.74 Å². The van der Waals surface area contributed by atoms with Crippen LogP contribution in [0.4, 0.5) is 0 Å². The maximum absolute atomic E-state index is 6.22. The van der Waals surface area contributed by atoms with Crippen molar-refractivity contribution in [3.8, 4) is 0 Å². The van der Waals surface area contributed by atoms with E-state index in [1.165, 1.54) is 6.42 Å². The van der Waals surface area contributed by atoms with Crippen LogP contribution in [0.5, 0.6) is 0 Å². The Morgan fingerprint density at radius 2 is 1.80 bits per heavy atom. The molecule has 90 valence electrons. The zero-order valence-corrected chi connectivity index (χ0v) is 11.0. The van der Waals surface area contributed by atoms with Gasteiger partial charge in [-0.3, -0.25) is 5.32 Å². The van der Waals surface area contributed by atoms with Crippen molar-refractivity contribution in [1.82, 2.24) is 5.32 Å². The van der Waals surface area contributed by atoms with E-state index in [9.17, 15) is 0 Å². The Balaban J connectivity index is 2.81. The third-order valence-electron chi connectivity index (χ3n) is 4.09. The first-order valence-electron chi connectivity index (χ1n) is 6.57. The summed E-state index contributed by atoms with van der Waals surface area (Å²) in [4.78, 5) is 0. The van der Waals surface area contributed by atoms with Crippen LogP contribution in [0.3, 0.4) is 0 Å². The van der Waals surface area contributed by atoms with Gasteiger partial charge in [0, 0.05) is 6.04 Å². The molecule has 1 heterocycles. The largest absolute Gasteiger partial charge is 0.355 e. The van der Waals surface area contributed by atoms with Crippen LogP contribution in [0.25, 0.3) is 0 Å². The Hall–Kier alpha value is -0.0800. The van der Waals surface area contributed by atoms with E-state index in [0.29, 0.717) is 12.0 Å².